The zero-order valence-electron chi connectivity index (χ0n) is 10.7. The summed E-state index contributed by atoms with van der Waals surface area (Å²) in [7, 11) is 0. The largest absolute Gasteiger partial charge is 0.310 e. The number of thiophene rings is 1. The molecule has 0 saturated heterocycles. The lowest BCUT2D eigenvalue weighted by molar-refractivity contribution is 0.533. The highest BCUT2D eigenvalue weighted by Crippen LogP contribution is 2.28. The minimum Gasteiger partial charge on any atom is -0.310 e. The van der Waals surface area contributed by atoms with Gasteiger partial charge in [-0.25, -0.2) is 4.39 Å². The summed E-state index contributed by atoms with van der Waals surface area (Å²) in [6.45, 7) is 5.09. The third kappa shape index (κ3) is 3.18. The highest BCUT2D eigenvalue weighted by molar-refractivity contribution is 7.13. The van der Waals surface area contributed by atoms with Crippen LogP contribution in [0.4, 0.5) is 4.39 Å². The van der Waals surface area contributed by atoms with Crippen molar-refractivity contribution in [3.05, 3.63) is 47.1 Å². The molecule has 1 aromatic carbocycles. The van der Waals surface area contributed by atoms with E-state index >= 15 is 0 Å². The smallest absolute Gasteiger partial charge is 0.131 e. The molecule has 0 saturated carbocycles. The number of nitrogens with one attached hydrogen (secondary N) is 1. The number of rotatable bonds is 5. The molecular weight excluding hydrogens is 245 g/mol. The Bertz CT molecular complexity index is 493. The van der Waals surface area contributed by atoms with Crippen molar-refractivity contribution in [2.45, 2.75) is 32.9 Å². The van der Waals surface area contributed by atoms with Gasteiger partial charge < -0.3 is 5.32 Å². The van der Waals surface area contributed by atoms with Crippen molar-refractivity contribution >= 4 is 11.3 Å². The molecule has 0 fully saturated rings. The Balaban J connectivity index is 2.17. The second-order valence-electron chi connectivity index (χ2n) is 4.48. The highest BCUT2D eigenvalue weighted by atomic mass is 32.1. The highest BCUT2D eigenvalue weighted by Gasteiger charge is 2.07. The van der Waals surface area contributed by atoms with Gasteiger partial charge in [-0.05, 0) is 42.5 Å². The zero-order chi connectivity index (χ0) is 13.0. The van der Waals surface area contributed by atoms with Crippen molar-refractivity contribution in [2.75, 3.05) is 0 Å². The van der Waals surface area contributed by atoms with Crippen molar-refractivity contribution in [1.82, 2.24) is 5.32 Å². The third-order valence-electron chi connectivity index (χ3n) is 3.08. The van der Waals surface area contributed by atoms with E-state index in [2.05, 4.69) is 19.2 Å². The van der Waals surface area contributed by atoms with E-state index in [9.17, 15) is 4.39 Å². The van der Waals surface area contributed by atoms with Gasteiger partial charge in [-0.1, -0.05) is 19.1 Å². The van der Waals surface area contributed by atoms with Crippen molar-refractivity contribution in [3.63, 3.8) is 0 Å². The number of benzene rings is 1. The number of hydrogen-bond donors (Lipinski definition) is 1. The summed E-state index contributed by atoms with van der Waals surface area (Å²) in [6, 6.07) is 9.74. The molecule has 18 heavy (non-hydrogen) atoms. The van der Waals surface area contributed by atoms with Crippen molar-refractivity contribution in [2.24, 2.45) is 0 Å². The summed E-state index contributed by atoms with van der Waals surface area (Å²) in [4.78, 5) is 0.984. The lowest BCUT2D eigenvalue weighted by Crippen LogP contribution is -2.24. The van der Waals surface area contributed by atoms with E-state index in [0.717, 1.165) is 23.4 Å². The summed E-state index contributed by atoms with van der Waals surface area (Å²) in [5.74, 6) is -0.148. The Morgan fingerprint density at radius 2 is 2.17 bits per heavy atom. The van der Waals surface area contributed by atoms with Gasteiger partial charge in [0, 0.05) is 23.0 Å². The first-order valence-electron chi connectivity index (χ1n) is 6.26. The molecule has 96 valence electrons. The fraction of sp³-hybridized carbons (Fsp3) is 0.333. The van der Waals surface area contributed by atoms with Crippen LogP contribution in [0.15, 0.2) is 35.7 Å². The molecule has 0 amide bonds. The summed E-state index contributed by atoms with van der Waals surface area (Å²) >= 11 is 1.57. The van der Waals surface area contributed by atoms with Gasteiger partial charge in [0.2, 0.25) is 0 Å². The van der Waals surface area contributed by atoms with Gasteiger partial charge in [0.15, 0.2) is 0 Å². The molecule has 1 atom stereocenters. The molecule has 0 bridgehead atoms. The van der Waals surface area contributed by atoms with Crippen molar-refractivity contribution in [3.8, 4) is 10.4 Å². The molecular formula is C15H18FNS. The first-order valence-corrected chi connectivity index (χ1v) is 7.14. The van der Waals surface area contributed by atoms with Gasteiger partial charge in [-0.2, -0.15) is 0 Å². The van der Waals surface area contributed by atoms with Crippen LogP contribution in [0.2, 0.25) is 0 Å². The first kappa shape index (κ1) is 13.2. The molecule has 2 rings (SSSR count). The van der Waals surface area contributed by atoms with E-state index in [1.807, 2.05) is 29.6 Å². The van der Waals surface area contributed by atoms with Crippen LogP contribution in [-0.2, 0) is 6.54 Å². The maximum atomic E-state index is 13.8. The SMILES string of the molecule is CCC(C)NCc1ccc(F)c(-c2cccs2)c1. The van der Waals surface area contributed by atoms with Crippen LogP contribution in [0.3, 0.4) is 0 Å². The molecule has 0 radical (unpaired) electrons. The average Bonchev–Trinajstić information content (AvgIpc) is 2.91. The fourth-order valence-corrected chi connectivity index (χ4v) is 2.48. The number of hydrogen-bond acceptors (Lipinski definition) is 2. The molecule has 1 unspecified atom stereocenters. The summed E-state index contributed by atoms with van der Waals surface area (Å²) in [5, 5.41) is 5.39. The Hall–Kier alpha value is -1.19. The number of halogens is 1. The zero-order valence-corrected chi connectivity index (χ0v) is 11.6. The van der Waals surface area contributed by atoms with E-state index in [0.29, 0.717) is 11.6 Å². The summed E-state index contributed by atoms with van der Waals surface area (Å²) in [5.41, 5.74) is 1.83. The first-order chi connectivity index (χ1) is 8.70. The topological polar surface area (TPSA) is 12.0 Å². The minimum absolute atomic E-state index is 0.148. The van der Waals surface area contributed by atoms with E-state index in [-0.39, 0.29) is 5.82 Å². The maximum Gasteiger partial charge on any atom is 0.131 e. The molecule has 1 heterocycles. The quantitative estimate of drug-likeness (QED) is 0.840. The predicted octanol–water partition coefficient (Wildman–Crippen LogP) is 4.44. The van der Waals surface area contributed by atoms with Crippen LogP contribution in [0.25, 0.3) is 10.4 Å². The van der Waals surface area contributed by atoms with Crippen molar-refractivity contribution in [1.29, 1.82) is 0 Å². The van der Waals surface area contributed by atoms with Crippen LogP contribution >= 0.6 is 11.3 Å². The van der Waals surface area contributed by atoms with Crippen LogP contribution < -0.4 is 5.32 Å². The molecule has 0 aliphatic carbocycles. The standard InChI is InChI=1S/C15H18FNS/c1-3-11(2)17-10-12-6-7-14(16)13(9-12)15-5-4-8-18-15/h4-9,11,17H,3,10H2,1-2H3. The fourth-order valence-electron chi connectivity index (χ4n) is 1.74. The third-order valence-corrected chi connectivity index (χ3v) is 3.99. The Morgan fingerprint density at radius 3 is 2.83 bits per heavy atom. The summed E-state index contributed by atoms with van der Waals surface area (Å²) in [6.07, 6.45) is 1.10. The van der Waals surface area contributed by atoms with Gasteiger partial charge in [0.1, 0.15) is 5.82 Å². The van der Waals surface area contributed by atoms with Gasteiger partial charge in [-0.3, -0.25) is 0 Å². The van der Waals surface area contributed by atoms with Crippen LogP contribution in [0.5, 0.6) is 0 Å². The van der Waals surface area contributed by atoms with Crippen LogP contribution in [0, 0.1) is 5.82 Å². The molecule has 0 aliphatic heterocycles. The maximum absolute atomic E-state index is 13.8. The minimum atomic E-state index is -0.148. The molecule has 2 aromatic rings. The van der Waals surface area contributed by atoms with Gasteiger partial charge in [-0.15, -0.1) is 11.3 Å². The van der Waals surface area contributed by atoms with E-state index in [1.54, 1.807) is 17.4 Å². The Labute approximate surface area is 112 Å². The van der Waals surface area contributed by atoms with E-state index in [4.69, 9.17) is 0 Å². The van der Waals surface area contributed by atoms with Crippen molar-refractivity contribution < 1.29 is 4.39 Å². The van der Waals surface area contributed by atoms with Crippen LogP contribution in [-0.4, -0.2) is 6.04 Å². The van der Waals surface area contributed by atoms with Gasteiger partial charge >= 0.3 is 0 Å². The van der Waals surface area contributed by atoms with Gasteiger partial charge in [0.05, 0.1) is 0 Å². The normalized spacial score (nSPS) is 12.6. The molecule has 1 aromatic heterocycles. The molecule has 0 aliphatic rings. The van der Waals surface area contributed by atoms with Gasteiger partial charge in [0.25, 0.3) is 0 Å². The Kier molecular flexibility index (Phi) is 4.50. The summed E-state index contributed by atoms with van der Waals surface area (Å²) < 4.78 is 13.8. The lowest BCUT2D eigenvalue weighted by atomic mass is 10.1. The lowest BCUT2D eigenvalue weighted by Gasteiger charge is -2.12. The second kappa shape index (κ2) is 6.12. The average molecular weight is 263 g/mol. The monoisotopic (exact) mass is 263 g/mol. The molecule has 0 spiro atoms. The molecule has 1 nitrogen and oxygen atoms in total. The van der Waals surface area contributed by atoms with E-state index in [1.165, 1.54) is 0 Å². The molecule has 3 heteroatoms. The Morgan fingerprint density at radius 1 is 1.33 bits per heavy atom. The molecule has 1 N–H and O–H groups in total. The predicted molar refractivity (Wildman–Crippen MR) is 76.3 cm³/mol. The van der Waals surface area contributed by atoms with E-state index < -0.39 is 0 Å². The van der Waals surface area contributed by atoms with Crippen LogP contribution in [0.1, 0.15) is 25.8 Å². The second-order valence-corrected chi connectivity index (χ2v) is 5.43.